The largest absolute Gasteiger partial charge is 0.454 e. The van der Waals surface area contributed by atoms with Crippen LogP contribution in [-0.4, -0.2) is 29.4 Å². The number of carbonyl (C=O) groups excluding carboxylic acids is 1. The molecule has 0 saturated carbocycles. The number of amides is 1. The molecule has 8 nitrogen and oxygen atoms in total. The number of nitrogens with zero attached hydrogens (tertiary/aromatic N) is 2. The van der Waals surface area contributed by atoms with Gasteiger partial charge in [0.15, 0.2) is 40.8 Å². The second kappa shape index (κ2) is 8.47. The van der Waals surface area contributed by atoms with Crippen LogP contribution < -0.4 is 18.9 Å². The molecule has 1 aromatic heterocycles. The zero-order chi connectivity index (χ0) is 22.9. The molecule has 1 amide bonds. The van der Waals surface area contributed by atoms with E-state index in [0.717, 1.165) is 16.7 Å². The number of hydrogen-bond donors (Lipinski definition) is 0. The summed E-state index contributed by atoms with van der Waals surface area (Å²) in [5.41, 5.74) is 2.77. The van der Waals surface area contributed by atoms with Crippen LogP contribution in [0.2, 0.25) is 0 Å². The summed E-state index contributed by atoms with van der Waals surface area (Å²) in [7, 11) is 0. The molecule has 0 bridgehead atoms. The third-order valence-electron chi connectivity index (χ3n) is 5.74. The van der Waals surface area contributed by atoms with Gasteiger partial charge in [-0.3, -0.25) is 4.79 Å². The molecule has 170 valence electrons. The van der Waals surface area contributed by atoms with E-state index in [0.29, 0.717) is 41.8 Å². The summed E-state index contributed by atoms with van der Waals surface area (Å²) in [6.07, 6.45) is 1.30. The molecule has 3 aromatic carbocycles. The van der Waals surface area contributed by atoms with Crippen molar-refractivity contribution in [2.24, 2.45) is 0 Å². The van der Waals surface area contributed by atoms with Crippen molar-refractivity contribution in [3.05, 3.63) is 89.9 Å². The lowest BCUT2D eigenvalue weighted by molar-refractivity contribution is 0.0723. The summed E-state index contributed by atoms with van der Waals surface area (Å²) in [4.78, 5) is 19.8. The summed E-state index contributed by atoms with van der Waals surface area (Å²) in [6, 6.07) is 20.8. The zero-order valence-corrected chi connectivity index (χ0v) is 18.1. The van der Waals surface area contributed by atoms with Gasteiger partial charge in [0, 0.05) is 17.7 Å². The summed E-state index contributed by atoms with van der Waals surface area (Å²) in [5.74, 6) is 2.83. The van der Waals surface area contributed by atoms with Gasteiger partial charge in [0.25, 0.3) is 5.91 Å². The monoisotopic (exact) mass is 456 g/mol. The first kappa shape index (κ1) is 20.2. The molecule has 0 spiro atoms. The van der Waals surface area contributed by atoms with Crippen molar-refractivity contribution in [2.45, 2.75) is 13.1 Å². The van der Waals surface area contributed by atoms with Crippen LogP contribution in [0.25, 0.3) is 11.3 Å². The molecular formula is C26H20N2O6. The molecule has 2 aliphatic rings. The highest BCUT2D eigenvalue weighted by molar-refractivity contribution is 5.97. The fourth-order valence-corrected chi connectivity index (χ4v) is 4.12. The van der Waals surface area contributed by atoms with E-state index in [9.17, 15) is 4.79 Å². The molecule has 0 radical (unpaired) electrons. The maximum atomic E-state index is 13.8. The molecule has 0 aliphatic carbocycles. The molecule has 6 rings (SSSR count). The van der Waals surface area contributed by atoms with Crippen molar-refractivity contribution in [3.8, 4) is 34.3 Å². The normalized spacial score (nSPS) is 13.2. The number of fused-ring (bicyclic) bond motifs is 2. The predicted molar refractivity (Wildman–Crippen MR) is 121 cm³/mol. The SMILES string of the molecule is O=C(c1ncoc1-c1ccccc1)N(Cc1ccc2c(c1)OCO2)Cc1cccc2c1OCO2. The first-order chi connectivity index (χ1) is 16.8. The number of para-hydroxylation sites is 1. The van der Waals surface area contributed by atoms with Gasteiger partial charge in [0.05, 0.1) is 6.54 Å². The fourth-order valence-electron chi connectivity index (χ4n) is 4.12. The van der Waals surface area contributed by atoms with E-state index < -0.39 is 0 Å². The lowest BCUT2D eigenvalue weighted by atomic mass is 10.1. The summed E-state index contributed by atoms with van der Waals surface area (Å²) in [6.45, 7) is 0.959. The number of rotatable bonds is 6. The van der Waals surface area contributed by atoms with E-state index in [2.05, 4.69) is 4.98 Å². The average molecular weight is 456 g/mol. The molecule has 2 aliphatic heterocycles. The molecule has 3 heterocycles. The third kappa shape index (κ3) is 3.69. The Balaban J connectivity index is 1.36. The van der Waals surface area contributed by atoms with Crippen molar-refractivity contribution < 1.29 is 28.2 Å². The Morgan fingerprint density at radius 1 is 0.824 bits per heavy atom. The van der Waals surface area contributed by atoms with Crippen LogP contribution in [0.1, 0.15) is 21.6 Å². The van der Waals surface area contributed by atoms with Gasteiger partial charge in [0.2, 0.25) is 13.6 Å². The number of aromatic nitrogens is 1. The number of carbonyl (C=O) groups is 1. The lowest BCUT2D eigenvalue weighted by Crippen LogP contribution is -2.31. The summed E-state index contributed by atoms with van der Waals surface area (Å²) >= 11 is 0. The molecular weight excluding hydrogens is 436 g/mol. The minimum Gasteiger partial charge on any atom is -0.454 e. The Morgan fingerprint density at radius 3 is 2.56 bits per heavy atom. The number of ether oxygens (including phenoxy) is 4. The van der Waals surface area contributed by atoms with Crippen LogP contribution in [-0.2, 0) is 13.1 Å². The van der Waals surface area contributed by atoms with Crippen LogP contribution >= 0.6 is 0 Å². The Bertz CT molecular complexity index is 1350. The minimum absolute atomic E-state index is 0.157. The second-order valence-corrected chi connectivity index (χ2v) is 7.90. The fraction of sp³-hybridized carbons (Fsp3) is 0.154. The van der Waals surface area contributed by atoms with E-state index in [-0.39, 0.29) is 25.2 Å². The molecule has 34 heavy (non-hydrogen) atoms. The van der Waals surface area contributed by atoms with Gasteiger partial charge in [-0.1, -0.05) is 48.5 Å². The Labute approximate surface area is 195 Å². The van der Waals surface area contributed by atoms with E-state index in [1.54, 1.807) is 4.90 Å². The minimum atomic E-state index is -0.262. The number of hydrogen-bond acceptors (Lipinski definition) is 7. The van der Waals surface area contributed by atoms with E-state index in [1.165, 1.54) is 6.39 Å². The predicted octanol–water partition coefficient (Wildman–Crippen LogP) is 4.64. The summed E-state index contributed by atoms with van der Waals surface area (Å²) in [5, 5.41) is 0. The van der Waals surface area contributed by atoms with Gasteiger partial charge in [-0.15, -0.1) is 0 Å². The van der Waals surface area contributed by atoms with Crippen LogP contribution in [0.5, 0.6) is 23.0 Å². The van der Waals surface area contributed by atoms with Crippen molar-refractivity contribution in [2.75, 3.05) is 13.6 Å². The molecule has 4 aromatic rings. The first-order valence-corrected chi connectivity index (χ1v) is 10.8. The standard InChI is InChI=1S/C26H20N2O6/c29-26(23-25(30-14-27-23)18-5-2-1-3-6-18)28(12-17-9-10-20-22(11-17)33-15-31-20)13-19-7-4-8-21-24(19)34-16-32-21/h1-11,14H,12-13,15-16H2. The molecule has 0 unspecified atom stereocenters. The van der Waals surface area contributed by atoms with Gasteiger partial charge in [-0.25, -0.2) is 4.98 Å². The first-order valence-electron chi connectivity index (χ1n) is 10.8. The van der Waals surface area contributed by atoms with Crippen LogP contribution in [0.4, 0.5) is 0 Å². The van der Waals surface area contributed by atoms with Crippen LogP contribution in [0.3, 0.4) is 0 Å². The summed E-state index contributed by atoms with van der Waals surface area (Å²) < 4.78 is 27.7. The van der Waals surface area contributed by atoms with Gasteiger partial charge >= 0.3 is 0 Å². The highest BCUT2D eigenvalue weighted by Gasteiger charge is 2.27. The molecule has 0 saturated heterocycles. The van der Waals surface area contributed by atoms with Crippen LogP contribution in [0, 0.1) is 0 Å². The molecule has 0 atom stereocenters. The third-order valence-corrected chi connectivity index (χ3v) is 5.74. The van der Waals surface area contributed by atoms with Crippen molar-refractivity contribution in [1.82, 2.24) is 9.88 Å². The number of oxazole rings is 1. The van der Waals surface area contributed by atoms with E-state index in [4.69, 9.17) is 23.4 Å². The van der Waals surface area contributed by atoms with Crippen molar-refractivity contribution in [1.29, 1.82) is 0 Å². The maximum absolute atomic E-state index is 13.8. The van der Waals surface area contributed by atoms with Crippen LogP contribution in [0.15, 0.2) is 77.5 Å². The van der Waals surface area contributed by atoms with Gasteiger partial charge in [-0.05, 0) is 23.8 Å². The molecule has 0 N–H and O–H groups in total. The van der Waals surface area contributed by atoms with E-state index in [1.807, 2.05) is 66.7 Å². The van der Waals surface area contributed by atoms with Crippen molar-refractivity contribution in [3.63, 3.8) is 0 Å². The lowest BCUT2D eigenvalue weighted by Gasteiger charge is -2.23. The maximum Gasteiger partial charge on any atom is 0.277 e. The number of benzene rings is 3. The zero-order valence-electron chi connectivity index (χ0n) is 18.1. The van der Waals surface area contributed by atoms with Gasteiger partial charge < -0.3 is 28.3 Å². The topological polar surface area (TPSA) is 83.3 Å². The quantitative estimate of drug-likeness (QED) is 0.418. The molecule has 0 fully saturated rings. The Morgan fingerprint density at radius 2 is 1.65 bits per heavy atom. The smallest absolute Gasteiger partial charge is 0.277 e. The Hall–Kier alpha value is -4.46. The highest BCUT2D eigenvalue weighted by Crippen LogP contribution is 2.37. The van der Waals surface area contributed by atoms with Crippen molar-refractivity contribution >= 4 is 5.91 Å². The highest BCUT2D eigenvalue weighted by atomic mass is 16.7. The van der Waals surface area contributed by atoms with Gasteiger partial charge in [-0.2, -0.15) is 0 Å². The van der Waals surface area contributed by atoms with E-state index >= 15 is 0 Å². The van der Waals surface area contributed by atoms with Gasteiger partial charge in [0.1, 0.15) is 0 Å². The average Bonchev–Trinajstić information content (AvgIpc) is 3.64. The second-order valence-electron chi connectivity index (χ2n) is 7.90. The molecule has 8 heteroatoms. The Kier molecular flexibility index (Phi) is 5.03.